The minimum absolute atomic E-state index is 0.163. The lowest BCUT2D eigenvalue weighted by Gasteiger charge is -2.31. The van der Waals surface area contributed by atoms with Crippen LogP contribution in [0, 0.1) is 0 Å². The number of hydrogen-bond acceptors (Lipinski definition) is 7. The van der Waals surface area contributed by atoms with Gasteiger partial charge in [0, 0.05) is 36.8 Å². The maximum atomic E-state index is 13.0. The van der Waals surface area contributed by atoms with Gasteiger partial charge in [-0.2, -0.15) is 5.10 Å². The summed E-state index contributed by atoms with van der Waals surface area (Å²) in [6.07, 6.45) is 5.45. The number of hydrogen-bond donors (Lipinski definition) is 2. The Morgan fingerprint density at radius 1 is 1.40 bits per heavy atom. The number of carbonyl (C=O) groups is 1. The van der Waals surface area contributed by atoms with Gasteiger partial charge in [-0.25, -0.2) is 4.98 Å². The fourth-order valence-corrected chi connectivity index (χ4v) is 4.20. The number of methoxy groups -OCH3 is 1. The van der Waals surface area contributed by atoms with Crippen molar-refractivity contribution in [3.8, 4) is 11.5 Å². The number of nitrogens with one attached hydrogen (secondary N) is 1. The van der Waals surface area contributed by atoms with Gasteiger partial charge in [0.2, 0.25) is 5.78 Å². The van der Waals surface area contributed by atoms with Gasteiger partial charge in [0.15, 0.2) is 11.4 Å². The number of ketones is 1. The first kappa shape index (κ1) is 18.8. The molecule has 3 N–H and O–H groups in total. The highest BCUT2D eigenvalue weighted by molar-refractivity contribution is 6.15. The van der Waals surface area contributed by atoms with Crippen LogP contribution in [0.5, 0.6) is 11.5 Å². The number of rotatable bonds is 4. The van der Waals surface area contributed by atoms with Crippen molar-refractivity contribution in [3.05, 3.63) is 53.0 Å². The molecule has 0 unspecified atom stereocenters. The van der Waals surface area contributed by atoms with Crippen molar-refractivity contribution in [2.45, 2.75) is 25.4 Å². The minimum Gasteiger partial charge on any atom is -0.496 e. The minimum atomic E-state index is -0.163. The number of fused-ring (bicyclic) bond motifs is 2. The summed E-state index contributed by atoms with van der Waals surface area (Å²) < 4.78 is 11.7. The molecule has 5 rings (SSSR count). The van der Waals surface area contributed by atoms with Crippen LogP contribution in [0.4, 0.5) is 0 Å². The summed E-state index contributed by atoms with van der Waals surface area (Å²) >= 11 is 0. The molecule has 8 nitrogen and oxygen atoms in total. The Kier molecular flexibility index (Phi) is 4.72. The monoisotopic (exact) mass is 405 g/mol. The van der Waals surface area contributed by atoms with Crippen molar-refractivity contribution >= 4 is 22.9 Å². The molecule has 0 amide bonds. The molecular formula is C22H23N5O3. The molecule has 4 heterocycles. The van der Waals surface area contributed by atoms with Crippen LogP contribution >= 0.6 is 0 Å². The van der Waals surface area contributed by atoms with E-state index in [-0.39, 0.29) is 17.6 Å². The van der Waals surface area contributed by atoms with Gasteiger partial charge in [-0.1, -0.05) is 0 Å². The van der Waals surface area contributed by atoms with Gasteiger partial charge in [-0.3, -0.25) is 14.8 Å². The molecule has 2 aliphatic rings. The number of pyridine rings is 1. The topological polar surface area (TPSA) is 106 Å². The highest BCUT2D eigenvalue weighted by Crippen LogP contribution is 2.41. The number of H-pyrrole nitrogens is 1. The summed E-state index contributed by atoms with van der Waals surface area (Å²) in [5.74, 6) is 1.34. The van der Waals surface area contributed by atoms with Crippen LogP contribution in [0.3, 0.4) is 0 Å². The fraction of sp³-hybridized carbons (Fsp3) is 0.318. The molecule has 0 saturated carbocycles. The maximum absolute atomic E-state index is 13.0. The van der Waals surface area contributed by atoms with E-state index in [1.165, 1.54) is 0 Å². The van der Waals surface area contributed by atoms with Crippen molar-refractivity contribution in [1.29, 1.82) is 0 Å². The average molecular weight is 405 g/mol. The second kappa shape index (κ2) is 7.55. The number of nitrogens with two attached hydrogens (primary N) is 1. The number of piperidine rings is 1. The smallest absolute Gasteiger partial charge is 0.232 e. The van der Waals surface area contributed by atoms with Gasteiger partial charge in [-0.15, -0.1) is 0 Å². The third-order valence-corrected chi connectivity index (χ3v) is 5.68. The molecule has 2 aliphatic heterocycles. The lowest BCUT2D eigenvalue weighted by Crippen LogP contribution is -2.42. The second-order valence-electron chi connectivity index (χ2n) is 7.71. The van der Waals surface area contributed by atoms with E-state index >= 15 is 0 Å². The van der Waals surface area contributed by atoms with Crippen molar-refractivity contribution in [3.63, 3.8) is 0 Å². The number of carbonyl (C=O) groups excluding carboxylic acids is 1. The van der Waals surface area contributed by atoms with Crippen LogP contribution in [0.2, 0.25) is 0 Å². The molecule has 8 heteroatoms. The number of ether oxygens (including phenoxy) is 2. The molecule has 1 atom stereocenters. The summed E-state index contributed by atoms with van der Waals surface area (Å²) in [6, 6.07) is 7.49. The summed E-state index contributed by atoms with van der Waals surface area (Å²) in [7, 11) is 1.63. The molecule has 154 valence electrons. The zero-order valence-corrected chi connectivity index (χ0v) is 16.7. The first-order valence-corrected chi connectivity index (χ1v) is 10.0. The Balaban J connectivity index is 1.50. The molecule has 30 heavy (non-hydrogen) atoms. The first-order chi connectivity index (χ1) is 14.6. The first-order valence-electron chi connectivity index (χ1n) is 10.0. The number of likely N-dealkylation sites (tertiary alicyclic amines) is 1. The van der Waals surface area contributed by atoms with Gasteiger partial charge in [0.1, 0.15) is 11.5 Å². The van der Waals surface area contributed by atoms with E-state index in [0.29, 0.717) is 34.9 Å². The van der Waals surface area contributed by atoms with Gasteiger partial charge in [-0.05, 0) is 43.7 Å². The average Bonchev–Trinajstić information content (AvgIpc) is 3.30. The number of Topliss-reactive ketones (excluding diaryl/α,β-unsaturated/α-hetero) is 1. The molecule has 0 aliphatic carbocycles. The molecule has 0 radical (unpaired) electrons. The van der Waals surface area contributed by atoms with Crippen molar-refractivity contribution in [1.82, 2.24) is 20.1 Å². The van der Waals surface area contributed by atoms with E-state index in [1.54, 1.807) is 25.4 Å². The fourth-order valence-electron chi connectivity index (χ4n) is 4.20. The van der Waals surface area contributed by atoms with E-state index in [2.05, 4.69) is 20.1 Å². The van der Waals surface area contributed by atoms with E-state index in [0.717, 1.165) is 36.9 Å². The normalized spacial score (nSPS) is 20.5. The van der Waals surface area contributed by atoms with Crippen LogP contribution in [-0.4, -0.2) is 52.1 Å². The zero-order chi connectivity index (χ0) is 20.7. The van der Waals surface area contributed by atoms with Crippen molar-refractivity contribution in [2.24, 2.45) is 5.73 Å². The molecule has 1 aromatic carbocycles. The van der Waals surface area contributed by atoms with Gasteiger partial charge < -0.3 is 15.2 Å². The Morgan fingerprint density at radius 2 is 2.30 bits per heavy atom. The Morgan fingerprint density at radius 3 is 3.13 bits per heavy atom. The van der Waals surface area contributed by atoms with Gasteiger partial charge >= 0.3 is 0 Å². The molecule has 0 spiro atoms. The Hall–Kier alpha value is -3.23. The number of aromatic nitrogens is 3. The largest absolute Gasteiger partial charge is 0.496 e. The molecule has 3 aromatic rings. The van der Waals surface area contributed by atoms with Crippen LogP contribution < -0.4 is 15.2 Å². The second-order valence-corrected chi connectivity index (χ2v) is 7.71. The van der Waals surface area contributed by atoms with Crippen LogP contribution in [0.15, 0.2) is 36.2 Å². The standard InChI is InChI=1S/C22H23N5O3/c1-29-18-7-6-15-20(28)19(10-17-14-5-2-8-24-22(14)26-25-17)30-21(15)16(18)12-27-9-3-4-13(23)11-27/h2,5-8,10,13H,3-4,9,11-12,23H2,1H3,(H,24,25,26)/t13-/m0/s1. The molecule has 1 saturated heterocycles. The number of aromatic amines is 1. The highest BCUT2D eigenvalue weighted by atomic mass is 16.5. The number of benzene rings is 1. The summed E-state index contributed by atoms with van der Waals surface area (Å²) in [5, 5.41) is 7.98. The van der Waals surface area contributed by atoms with Crippen molar-refractivity contribution in [2.75, 3.05) is 20.2 Å². The summed E-state index contributed by atoms with van der Waals surface area (Å²) in [6.45, 7) is 2.40. The van der Waals surface area contributed by atoms with Gasteiger partial charge in [0.05, 0.1) is 23.9 Å². The van der Waals surface area contributed by atoms with Gasteiger partial charge in [0.25, 0.3) is 0 Å². The van der Waals surface area contributed by atoms with Crippen LogP contribution in [0.1, 0.15) is 34.5 Å². The Labute approximate surface area is 173 Å². The van der Waals surface area contributed by atoms with E-state index in [9.17, 15) is 4.79 Å². The molecule has 1 fully saturated rings. The van der Waals surface area contributed by atoms with Crippen molar-refractivity contribution < 1.29 is 14.3 Å². The lowest BCUT2D eigenvalue weighted by atomic mass is 10.0. The maximum Gasteiger partial charge on any atom is 0.232 e. The predicted molar refractivity (Wildman–Crippen MR) is 112 cm³/mol. The quantitative estimate of drug-likeness (QED) is 0.642. The third-order valence-electron chi connectivity index (χ3n) is 5.68. The van der Waals surface area contributed by atoms with Crippen LogP contribution in [-0.2, 0) is 6.54 Å². The molecular weight excluding hydrogens is 382 g/mol. The zero-order valence-electron chi connectivity index (χ0n) is 16.7. The van der Waals surface area contributed by atoms with E-state index < -0.39 is 0 Å². The third kappa shape index (κ3) is 3.24. The summed E-state index contributed by atoms with van der Waals surface area (Å²) in [5.41, 5.74) is 8.83. The lowest BCUT2D eigenvalue weighted by molar-refractivity contribution is 0.101. The predicted octanol–water partition coefficient (Wildman–Crippen LogP) is 2.51. The summed E-state index contributed by atoms with van der Waals surface area (Å²) in [4.78, 5) is 19.6. The number of nitrogens with zero attached hydrogens (tertiary/aromatic N) is 3. The SMILES string of the molecule is COc1ccc2c(c1CN1CCC[C@H](N)C1)OC(=Cc1n[nH]c3ncccc13)C2=O. The number of allylic oxidation sites excluding steroid dienone is 1. The molecule has 2 aromatic heterocycles. The Bertz CT molecular complexity index is 1150. The van der Waals surface area contributed by atoms with Crippen LogP contribution in [0.25, 0.3) is 17.1 Å². The highest BCUT2D eigenvalue weighted by Gasteiger charge is 2.33. The van der Waals surface area contributed by atoms with E-state index in [4.69, 9.17) is 15.2 Å². The molecule has 0 bridgehead atoms. The van der Waals surface area contributed by atoms with E-state index in [1.807, 2.05) is 18.2 Å².